The molecule has 0 saturated carbocycles. The standard InChI is InChI=1S/C13H15FN2OS/c1-9(16-8-13-15-5-6-18-13)11-4-3-10(17-2)7-12(11)14/h3-7,9,16H,8H2,1-2H3. The highest BCUT2D eigenvalue weighted by atomic mass is 32.1. The zero-order chi connectivity index (χ0) is 13.0. The summed E-state index contributed by atoms with van der Waals surface area (Å²) < 4.78 is 18.8. The van der Waals surface area contributed by atoms with Gasteiger partial charge in [0, 0.05) is 35.8 Å². The molecule has 0 bridgehead atoms. The summed E-state index contributed by atoms with van der Waals surface area (Å²) >= 11 is 1.58. The van der Waals surface area contributed by atoms with Gasteiger partial charge in [0.1, 0.15) is 16.6 Å². The zero-order valence-corrected chi connectivity index (χ0v) is 11.1. The van der Waals surface area contributed by atoms with Gasteiger partial charge in [-0.1, -0.05) is 6.07 Å². The predicted octanol–water partition coefficient (Wildman–Crippen LogP) is 3.14. The number of hydrogen-bond donors (Lipinski definition) is 1. The van der Waals surface area contributed by atoms with Gasteiger partial charge in [0.15, 0.2) is 0 Å². The summed E-state index contributed by atoms with van der Waals surface area (Å²) in [6.45, 7) is 2.57. The lowest BCUT2D eigenvalue weighted by Crippen LogP contribution is -2.19. The van der Waals surface area contributed by atoms with Crippen molar-refractivity contribution in [2.24, 2.45) is 0 Å². The molecule has 0 spiro atoms. The van der Waals surface area contributed by atoms with E-state index >= 15 is 0 Å². The van der Waals surface area contributed by atoms with Gasteiger partial charge < -0.3 is 10.1 Å². The smallest absolute Gasteiger partial charge is 0.131 e. The van der Waals surface area contributed by atoms with Gasteiger partial charge in [0.25, 0.3) is 0 Å². The molecule has 5 heteroatoms. The monoisotopic (exact) mass is 266 g/mol. The van der Waals surface area contributed by atoms with Crippen molar-refractivity contribution in [2.75, 3.05) is 7.11 Å². The van der Waals surface area contributed by atoms with Crippen molar-refractivity contribution < 1.29 is 9.13 Å². The van der Waals surface area contributed by atoms with Crippen LogP contribution in [0, 0.1) is 5.82 Å². The molecule has 0 aliphatic heterocycles. The Morgan fingerprint density at radius 1 is 1.50 bits per heavy atom. The summed E-state index contributed by atoms with van der Waals surface area (Å²) in [5.41, 5.74) is 0.632. The summed E-state index contributed by atoms with van der Waals surface area (Å²) in [6.07, 6.45) is 1.76. The van der Waals surface area contributed by atoms with Crippen molar-refractivity contribution in [2.45, 2.75) is 19.5 Å². The van der Waals surface area contributed by atoms with Crippen LogP contribution >= 0.6 is 11.3 Å². The number of nitrogens with zero attached hydrogens (tertiary/aromatic N) is 1. The number of aromatic nitrogens is 1. The Balaban J connectivity index is 2.02. The van der Waals surface area contributed by atoms with Crippen LogP contribution < -0.4 is 10.1 Å². The molecule has 0 fully saturated rings. The highest BCUT2D eigenvalue weighted by molar-refractivity contribution is 7.09. The van der Waals surface area contributed by atoms with Gasteiger partial charge in [-0.25, -0.2) is 9.37 Å². The second-order valence-electron chi connectivity index (χ2n) is 3.92. The summed E-state index contributed by atoms with van der Waals surface area (Å²) in [6, 6.07) is 4.84. The van der Waals surface area contributed by atoms with Gasteiger partial charge >= 0.3 is 0 Å². The van der Waals surface area contributed by atoms with E-state index in [9.17, 15) is 4.39 Å². The van der Waals surface area contributed by atoms with E-state index in [-0.39, 0.29) is 11.9 Å². The SMILES string of the molecule is COc1ccc(C(C)NCc2nccs2)c(F)c1. The molecule has 1 aromatic heterocycles. The van der Waals surface area contributed by atoms with E-state index in [4.69, 9.17) is 4.74 Å². The Bertz CT molecular complexity index is 502. The van der Waals surface area contributed by atoms with Crippen molar-refractivity contribution in [1.29, 1.82) is 0 Å². The van der Waals surface area contributed by atoms with Crippen LogP contribution in [0.1, 0.15) is 23.5 Å². The normalized spacial score (nSPS) is 12.4. The number of methoxy groups -OCH3 is 1. The fourth-order valence-electron chi connectivity index (χ4n) is 1.68. The molecule has 1 aromatic carbocycles. The third-order valence-corrected chi connectivity index (χ3v) is 3.50. The van der Waals surface area contributed by atoms with E-state index in [0.29, 0.717) is 17.9 Å². The Labute approximate surface area is 110 Å². The van der Waals surface area contributed by atoms with Crippen LogP contribution in [0.4, 0.5) is 4.39 Å². The number of hydrogen-bond acceptors (Lipinski definition) is 4. The summed E-state index contributed by atoms with van der Waals surface area (Å²) in [4.78, 5) is 4.17. The van der Waals surface area contributed by atoms with E-state index in [2.05, 4.69) is 10.3 Å². The lowest BCUT2D eigenvalue weighted by molar-refractivity contribution is 0.409. The number of halogens is 1. The first-order chi connectivity index (χ1) is 8.70. The van der Waals surface area contributed by atoms with Crippen molar-refractivity contribution in [3.63, 3.8) is 0 Å². The van der Waals surface area contributed by atoms with Crippen molar-refractivity contribution in [1.82, 2.24) is 10.3 Å². The minimum absolute atomic E-state index is 0.0696. The molecule has 0 amide bonds. The Morgan fingerprint density at radius 2 is 2.33 bits per heavy atom. The minimum Gasteiger partial charge on any atom is -0.497 e. The molecule has 18 heavy (non-hydrogen) atoms. The van der Waals surface area contributed by atoms with Gasteiger partial charge in [-0.15, -0.1) is 11.3 Å². The average molecular weight is 266 g/mol. The highest BCUT2D eigenvalue weighted by Gasteiger charge is 2.11. The first-order valence-electron chi connectivity index (χ1n) is 5.66. The van der Waals surface area contributed by atoms with Crippen molar-refractivity contribution in [3.05, 3.63) is 46.2 Å². The van der Waals surface area contributed by atoms with Crippen LogP contribution in [0.3, 0.4) is 0 Å². The number of ether oxygens (including phenoxy) is 1. The molecular weight excluding hydrogens is 251 g/mol. The first kappa shape index (κ1) is 13.0. The maximum atomic E-state index is 13.8. The lowest BCUT2D eigenvalue weighted by atomic mass is 10.1. The molecule has 0 aliphatic carbocycles. The molecule has 2 aromatic rings. The summed E-state index contributed by atoms with van der Waals surface area (Å²) in [7, 11) is 1.53. The van der Waals surface area contributed by atoms with Crippen molar-refractivity contribution >= 4 is 11.3 Å². The van der Waals surface area contributed by atoms with E-state index < -0.39 is 0 Å². The fourth-order valence-corrected chi connectivity index (χ4v) is 2.24. The Hall–Kier alpha value is -1.46. The molecular formula is C13H15FN2OS. The Morgan fingerprint density at radius 3 is 2.94 bits per heavy atom. The van der Waals surface area contributed by atoms with Crippen molar-refractivity contribution in [3.8, 4) is 5.75 Å². The quantitative estimate of drug-likeness (QED) is 0.902. The topological polar surface area (TPSA) is 34.1 Å². The fraction of sp³-hybridized carbons (Fsp3) is 0.308. The van der Waals surface area contributed by atoms with Gasteiger partial charge in [-0.05, 0) is 13.0 Å². The summed E-state index contributed by atoms with van der Waals surface area (Å²) in [5.74, 6) is 0.275. The maximum Gasteiger partial charge on any atom is 0.131 e. The molecule has 1 atom stereocenters. The number of thiazole rings is 1. The molecule has 0 saturated heterocycles. The van der Waals surface area contributed by atoms with Gasteiger partial charge in [0.05, 0.1) is 7.11 Å². The number of benzene rings is 1. The third kappa shape index (κ3) is 3.05. The highest BCUT2D eigenvalue weighted by Crippen LogP contribution is 2.22. The van der Waals surface area contributed by atoms with Crippen LogP contribution in [-0.4, -0.2) is 12.1 Å². The third-order valence-electron chi connectivity index (χ3n) is 2.72. The largest absolute Gasteiger partial charge is 0.497 e. The number of rotatable bonds is 5. The second-order valence-corrected chi connectivity index (χ2v) is 4.89. The molecule has 0 radical (unpaired) electrons. The molecule has 0 aliphatic rings. The molecule has 96 valence electrons. The first-order valence-corrected chi connectivity index (χ1v) is 6.54. The van der Waals surface area contributed by atoms with Crippen LogP contribution in [0.2, 0.25) is 0 Å². The Kier molecular flexibility index (Phi) is 4.28. The number of nitrogens with one attached hydrogen (secondary N) is 1. The van der Waals surface area contributed by atoms with Crippen LogP contribution in [0.15, 0.2) is 29.8 Å². The molecule has 1 unspecified atom stereocenters. The van der Waals surface area contributed by atoms with Crippen LogP contribution in [-0.2, 0) is 6.54 Å². The molecule has 1 N–H and O–H groups in total. The van der Waals surface area contributed by atoms with Gasteiger partial charge in [0.2, 0.25) is 0 Å². The van der Waals surface area contributed by atoms with Crippen LogP contribution in [0.5, 0.6) is 5.75 Å². The van der Waals surface area contributed by atoms with Gasteiger partial charge in [-0.2, -0.15) is 0 Å². The molecule has 1 heterocycles. The van der Waals surface area contributed by atoms with E-state index in [0.717, 1.165) is 5.01 Å². The van der Waals surface area contributed by atoms with Gasteiger partial charge in [-0.3, -0.25) is 0 Å². The molecule has 3 nitrogen and oxygen atoms in total. The van der Waals surface area contributed by atoms with E-state index in [1.807, 2.05) is 12.3 Å². The minimum atomic E-state index is -0.256. The lowest BCUT2D eigenvalue weighted by Gasteiger charge is -2.14. The second kappa shape index (κ2) is 5.93. The molecule has 2 rings (SSSR count). The summed E-state index contributed by atoms with van der Waals surface area (Å²) in [5, 5.41) is 6.17. The average Bonchev–Trinajstić information content (AvgIpc) is 2.88. The maximum absolute atomic E-state index is 13.8. The predicted molar refractivity (Wildman–Crippen MR) is 70.3 cm³/mol. The zero-order valence-electron chi connectivity index (χ0n) is 10.3. The van der Waals surface area contributed by atoms with Crippen LogP contribution in [0.25, 0.3) is 0 Å². The van der Waals surface area contributed by atoms with E-state index in [1.165, 1.54) is 13.2 Å². The van der Waals surface area contributed by atoms with E-state index in [1.54, 1.807) is 29.7 Å².